The molecule has 0 heterocycles. The van der Waals surface area contributed by atoms with Gasteiger partial charge < -0.3 is 0 Å². The molecule has 0 unspecified atom stereocenters. The maximum absolute atomic E-state index is 2.40. The van der Waals surface area contributed by atoms with Crippen molar-refractivity contribution in [3.05, 3.63) is 109 Å². The Labute approximate surface area is 196 Å². The average molecular weight is 427 g/mol. The van der Waals surface area contributed by atoms with E-state index in [-0.39, 0.29) is 0 Å². The van der Waals surface area contributed by atoms with Crippen LogP contribution in [0, 0.1) is 0 Å². The van der Waals surface area contributed by atoms with Crippen LogP contribution in [0.3, 0.4) is 0 Å². The van der Waals surface area contributed by atoms with E-state index in [1.54, 1.807) is 0 Å². The Balaban J connectivity index is 1.35. The van der Waals surface area contributed by atoms with Crippen LogP contribution in [-0.4, -0.2) is 0 Å². The minimum absolute atomic E-state index is 1.31. The third-order valence-corrected chi connectivity index (χ3v) is 8.04. The third-order valence-electron chi connectivity index (χ3n) is 8.04. The number of rotatable bonds is 0. The summed E-state index contributed by atoms with van der Waals surface area (Å²) in [6.45, 7) is 0. The van der Waals surface area contributed by atoms with Crippen LogP contribution >= 0.6 is 0 Å². The lowest BCUT2D eigenvalue weighted by Gasteiger charge is -2.10. The van der Waals surface area contributed by atoms with Crippen molar-refractivity contribution in [1.82, 2.24) is 0 Å². The van der Waals surface area contributed by atoms with Gasteiger partial charge in [-0.2, -0.15) is 0 Å². The smallest absolute Gasteiger partial charge is 0.00264 e. The van der Waals surface area contributed by atoms with Gasteiger partial charge in [0, 0.05) is 0 Å². The summed E-state index contributed by atoms with van der Waals surface area (Å²) >= 11 is 0. The first kappa shape index (κ1) is 17.1. The monoisotopic (exact) mass is 426 g/mol. The van der Waals surface area contributed by atoms with Gasteiger partial charge in [0.15, 0.2) is 0 Å². The first-order valence-corrected chi connectivity index (χ1v) is 11.9. The van der Waals surface area contributed by atoms with Crippen molar-refractivity contribution in [2.75, 3.05) is 0 Å². The SMILES string of the molecule is c1cc2c3c(cccc3c1)-c1cc3cc4cc5c(cc4cc3cc1-2)-c1cccc2cccc-5c12. The molecule has 7 aromatic rings. The molecular formula is C34H18. The van der Waals surface area contributed by atoms with Crippen molar-refractivity contribution in [2.45, 2.75) is 0 Å². The molecular weight excluding hydrogens is 408 g/mol. The standard InChI is InChI=1S/C34H18/c1-5-19-6-2-10-26-30-16-22-14-24-18-32-28-12-4-8-20-7-3-11-27(34(20)28)31(32)17-23(24)13-21(22)15-29(30)25(9-1)33(19)26/h1-18H. The van der Waals surface area contributed by atoms with Gasteiger partial charge in [-0.05, 0) is 124 Å². The largest absolute Gasteiger partial charge is 0.0610 e. The molecule has 2 aliphatic carbocycles. The fraction of sp³-hybridized carbons (Fsp3) is 0. The van der Waals surface area contributed by atoms with Crippen LogP contribution in [0.4, 0.5) is 0 Å². The lowest BCUT2D eigenvalue weighted by Crippen LogP contribution is -1.83. The zero-order valence-corrected chi connectivity index (χ0v) is 18.4. The summed E-state index contributed by atoms with van der Waals surface area (Å²) in [5.74, 6) is 0. The zero-order chi connectivity index (χ0) is 22.0. The van der Waals surface area contributed by atoms with E-state index in [2.05, 4.69) is 109 Å². The average Bonchev–Trinajstić information content (AvgIpc) is 3.36. The van der Waals surface area contributed by atoms with Crippen molar-refractivity contribution < 1.29 is 0 Å². The fourth-order valence-electron chi connectivity index (χ4n) is 6.57. The number of benzene rings is 7. The van der Waals surface area contributed by atoms with Gasteiger partial charge >= 0.3 is 0 Å². The van der Waals surface area contributed by atoms with Crippen molar-refractivity contribution in [3.63, 3.8) is 0 Å². The Morgan fingerprint density at radius 2 is 0.529 bits per heavy atom. The molecule has 0 nitrogen and oxygen atoms in total. The van der Waals surface area contributed by atoms with E-state index in [1.165, 1.54) is 87.6 Å². The van der Waals surface area contributed by atoms with Gasteiger partial charge in [0.25, 0.3) is 0 Å². The van der Waals surface area contributed by atoms with Crippen molar-refractivity contribution in [3.8, 4) is 44.5 Å². The Morgan fingerprint density at radius 1 is 0.235 bits per heavy atom. The van der Waals surface area contributed by atoms with E-state index in [1.807, 2.05) is 0 Å². The molecule has 9 rings (SSSR count). The highest BCUT2D eigenvalue weighted by Gasteiger charge is 2.23. The van der Waals surface area contributed by atoms with Gasteiger partial charge in [0.1, 0.15) is 0 Å². The zero-order valence-electron chi connectivity index (χ0n) is 18.4. The normalized spacial score (nSPS) is 12.7. The highest BCUT2D eigenvalue weighted by molar-refractivity contribution is 6.20. The van der Waals surface area contributed by atoms with Gasteiger partial charge in [-0.25, -0.2) is 0 Å². The molecule has 0 heteroatoms. The second kappa shape index (κ2) is 5.73. The molecule has 154 valence electrons. The van der Waals surface area contributed by atoms with E-state index in [9.17, 15) is 0 Å². The Morgan fingerprint density at radius 3 is 0.824 bits per heavy atom. The first-order valence-electron chi connectivity index (χ1n) is 11.9. The molecule has 0 aromatic heterocycles. The molecule has 7 aromatic carbocycles. The van der Waals surface area contributed by atoms with Crippen molar-refractivity contribution in [1.29, 1.82) is 0 Å². The molecule has 0 amide bonds. The highest BCUT2D eigenvalue weighted by Crippen LogP contribution is 2.51. The molecule has 0 spiro atoms. The molecule has 2 aliphatic rings. The van der Waals surface area contributed by atoms with Crippen LogP contribution in [0.2, 0.25) is 0 Å². The van der Waals surface area contributed by atoms with Gasteiger partial charge in [0.2, 0.25) is 0 Å². The summed E-state index contributed by atoms with van der Waals surface area (Å²) in [6, 6.07) is 41.1. The van der Waals surface area contributed by atoms with E-state index in [0.717, 1.165) is 0 Å². The van der Waals surface area contributed by atoms with Crippen LogP contribution < -0.4 is 0 Å². The van der Waals surface area contributed by atoms with Gasteiger partial charge in [-0.15, -0.1) is 0 Å². The molecule has 0 atom stereocenters. The Hall–Kier alpha value is -4.42. The van der Waals surface area contributed by atoms with Crippen LogP contribution in [-0.2, 0) is 0 Å². The highest BCUT2D eigenvalue weighted by atomic mass is 14.3. The molecule has 0 radical (unpaired) electrons. The fourth-order valence-corrected chi connectivity index (χ4v) is 6.57. The summed E-state index contributed by atoms with van der Waals surface area (Å²) in [6.07, 6.45) is 0. The second-order valence-electron chi connectivity index (χ2n) is 9.76. The summed E-state index contributed by atoms with van der Waals surface area (Å²) in [5, 5.41) is 10.7. The topological polar surface area (TPSA) is 0 Å². The number of fused-ring (bicyclic) bond motifs is 8. The summed E-state index contributed by atoms with van der Waals surface area (Å²) in [5.41, 5.74) is 10.9. The van der Waals surface area contributed by atoms with Gasteiger partial charge in [0.05, 0.1) is 0 Å². The summed E-state index contributed by atoms with van der Waals surface area (Å²) < 4.78 is 0. The molecule has 0 aliphatic heterocycles. The number of hydrogen-bond donors (Lipinski definition) is 0. The van der Waals surface area contributed by atoms with E-state index in [4.69, 9.17) is 0 Å². The molecule has 0 bridgehead atoms. The maximum Gasteiger partial charge on any atom is -0.00264 e. The molecule has 0 N–H and O–H groups in total. The maximum atomic E-state index is 2.40. The van der Waals surface area contributed by atoms with E-state index >= 15 is 0 Å². The minimum atomic E-state index is 1.31. The first-order chi connectivity index (χ1) is 16.8. The molecule has 34 heavy (non-hydrogen) atoms. The van der Waals surface area contributed by atoms with E-state index < -0.39 is 0 Å². The van der Waals surface area contributed by atoms with Crippen molar-refractivity contribution >= 4 is 43.1 Å². The van der Waals surface area contributed by atoms with Gasteiger partial charge in [-0.1, -0.05) is 72.8 Å². The second-order valence-corrected chi connectivity index (χ2v) is 9.76. The molecule has 0 saturated heterocycles. The van der Waals surface area contributed by atoms with Crippen LogP contribution in [0.25, 0.3) is 87.6 Å². The van der Waals surface area contributed by atoms with Gasteiger partial charge in [-0.3, -0.25) is 0 Å². The Kier molecular flexibility index (Phi) is 2.88. The molecule has 0 fully saturated rings. The predicted molar refractivity (Wildman–Crippen MR) is 145 cm³/mol. The van der Waals surface area contributed by atoms with Crippen LogP contribution in [0.5, 0.6) is 0 Å². The Bertz CT molecular complexity index is 1770. The van der Waals surface area contributed by atoms with Crippen LogP contribution in [0.15, 0.2) is 109 Å². The van der Waals surface area contributed by atoms with Crippen molar-refractivity contribution in [2.24, 2.45) is 0 Å². The number of hydrogen-bond acceptors (Lipinski definition) is 0. The minimum Gasteiger partial charge on any atom is -0.0610 e. The molecule has 0 saturated carbocycles. The van der Waals surface area contributed by atoms with E-state index in [0.29, 0.717) is 0 Å². The lowest BCUT2D eigenvalue weighted by molar-refractivity contribution is 1.73. The third kappa shape index (κ3) is 1.96. The van der Waals surface area contributed by atoms with Crippen LogP contribution in [0.1, 0.15) is 0 Å². The summed E-state index contributed by atoms with van der Waals surface area (Å²) in [4.78, 5) is 0. The summed E-state index contributed by atoms with van der Waals surface area (Å²) in [7, 11) is 0. The lowest BCUT2D eigenvalue weighted by atomic mass is 9.94. The quantitative estimate of drug-likeness (QED) is 0.212. The predicted octanol–water partition coefficient (Wildman–Crippen LogP) is 9.59.